The minimum Gasteiger partial charge on any atom is -0.102 e. The fraction of sp³-hybridized carbons (Fsp3) is 0.727. The van der Waals surface area contributed by atoms with Gasteiger partial charge >= 0.3 is 0 Å². The highest BCUT2D eigenvalue weighted by Crippen LogP contribution is 2.35. The predicted octanol–water partition coefficient (Wildman–Crippen LogP) is 6.23. The summed E-state index contributed by atoms with van der Waals surface area (Å²) in [5.74, 6) is 15.2. The molecule has 1 saturated carbocycles. The minimum absolute atomic E-state index is 0.242. The van der Waals surface area contributed by atoms with Crippen molar-refractivity contribution in [2.75, 3.05) is 0 Å². The van der Waals surface area contributed by atoms with Crippen LogP contribution in [0.5, 0.6) is 0 Å². The summed E-state index contributed by atoms with van der Waals surface area (Å²) in [7, 11) is 0. The molecule has 0 heterocycles. The molecule has 0 aromatic rings. The number of rotatable bonds is 7. The van der Waals surface area contributed by atoms with Gasteiger partial charge in [0.15, 0.2) is 0 Å². The molecule has 122 valence electrons. The van der Waals surface area contributed by atoms with Crippen molar-refractivity contribution in [3.8, 4) is 23.7 Å². The molecule has 3 atom stereocenters. The summed E-state index contributed by atoms with van der Waals surface area (Å²) in [5.41, 5.74) is 0. The van der Waals surface area contributed by atoms with Gasteiger partial charge in [0.05, 0.1) is 0 Å². The van der Waals surface area contributed by atoms with E-state index < -0.39 is 0 Å². The molecule has 1 aliphatic carbocycles. The second kappa shape index (κ2) is 11.4. The van der Waals surface area contributed by atoms with E-state index in [9.17, 15) is 0 Å². The first-order valence-corrected chi connectivity index (χ1v) is 9.32. The van der Waals surface area contributed by atoms with Gasteiger partial charge in [-0.25, -0.2) is 0 Å². The molecule has 0 aliphatic heterocycles. The molecule has 22 heavy (non-hydrogen) atoms. The van der Waals surface area contributed by atoms with Gasteiger partial charge in [0.2, 0.25) is 0 Å². The third-order valence-corrected chi connectivity index (χ3v) is 5.24. The van der Waals surface area contributed by atoms with Gasteiger partial charge in [-0.3, -0.25) is 0 Å². The van der Waals surface area contributed by atoms with Gasteiger partial charge in [-0.05, 0) is 42.9 Å². The van der Waals surface area contributed by atoms with Crippen LogP contribution in [0.15, 0.2) is 12.7 Å². The first kappa shape index (κ1) is 18.9. The van der Waals surface area contributed by atoms with Crippen LogP contribution in [0.1, 0.15) is 78.6 Å². The van der Waals surface area contributed by atoms with E-state index in [0.29, 0.717) is 0 Å². The van der Waals surface area contributed by atoms with Gasteiger partial charge in [0.25, 0.3) is 0 Å². The molecule has 1 fully saturated rings. The topological polar surface area (TPSA) is 0 Å². The Bertz CT molecular complexity index is 416. The Hall–Kier alpha value is -1.14. The Morgan fingerprint density at radius 3 is 2.32 bits per heavy atom. The Kier molecular flexibility index (Phi) is 9.82. The zero-order valence-electron chi connectivity index (χ0n) is 15.0. The fourth-order valence-corrected chi connectivity index (χ4v) is 3.62. The summed E-state index contributed by atoms with van der Waals surface area (Å²) in [6.07, 6.45) is 14.1. The quantitative estimate of drug-likeness (QED) is 0.386. The number of hydrogen-bond acceptors (Lipinski definition) is 0. The summed E-state index contributed by atoms with van der Waals surface area (Å²) in [4.78, 5) is 0. The third-order valence-electron chi connectivity index (χ3n) is 5.24. The molecule has 0 saturated heterocycles. The molecule has 0 N–H and O–H groups in total. The molecular weight excluding hydrogens is 264 g/mol. The first-order valence-electron chi connectivity index (χ1n) is 9.32. The van der Waals surface area contributed by atoms with Gasteiger partial charge in [0.1, 0.15) is 0 Å². The van der Waals surface area contributed by atoms with Crippen molar-refractivity contribution >= 4 is 0 Å². The van der Waals surface area contributed by atoms with E-state index in [1.54, 1.807) is 0 Å². The average Bonchev–Trinajstić information content (AvgIpc) is 2.57. The van der Waals surface area contributed by atoms with Crippen molar-refractivity contribution in [3.05, 3.63) is 12.7 Å². The lowest BCUT2D eigenvalue weighted by Crippen LogP contribution is -2.19. The molecule has 0 radical (unpaired) electrons. The van der Waals surface area contributed by atoms with E-state index in [4.69, 9.17) is 0 Å². The van der Waals surface area contributed by atoms with E-state index in [-0.39, 0.29) is 5.92 Å². The first-order chi connectivity index (χ1) is 10.7. The number of allylic oxidation sites excluding steroid dienone is 1. The van der Waals surface area contributed by atoms with E-state index in [0.717, 1.165) is 24.2 Å². The normalized spacial score (nSPS) is 19.0. The van der Waals surface area contributed by atoms with Gasteiger partial charge in [0, 0.05) is 12.3 Å². The molecule has 0 aromatic heterocycles. The average molecular weight is 299 g/mol. The molecule has 0 bridgehead atoms. The zero-order chi connectivity index (χ0) is 16.2. The SMILES string of the molecule is C=CC(C)C#CC#CCC(CC)C(CC)CC1CCCCC1. The molecule has 3 unspecified atom stereocenters. The van der Waals surface area contributed by atoms with Gasteiger partial charge in [-0.2, -0.15) is 0 Å². The molecule has 0 spiro atoms. The van der Waals surface area contributed by atoms with Crippen LogP contribution < -0.4 is 0 Å². The van der Waals surface area contributed by atoms with Crippen LogP contribution in [0, 0.1) is 47.4 Å². The van der Waals surface area contributed by atoms with Crippen molar-refractivity contribution in [1.29, 1.82) is 0 Å². The summed E-state index contributed by atoms with van der Waals surface area (Å²) < 4.78 is 0. The summed E-state index contributed by atoms with van der Waals surface area (Å²) in [6.45, 7) is 10.5. The maximum atomic E-state index is 3.74. The van der Waals surface area contributed by atoms with Crippen molar-refractivity contribution in [1.82, 2.24) is 0 Å². The Labute approximate surface area is 139 Å². The van der Waals surface area contributed by atoms with Crippen molar-refractivity contribution in [3.63, 3.8) is 0 Å². The molecular formula is C22H34. The standard InChI is InChI=1S/C22H34/c1-5-19(4)14-10-8-13-17-21(6-2)22(7-3)18-20-15-11-9-12-16-20/h5,19-22H,1,6-7,9,11-12,15-18H2,2-4H3. The Morgan fingerprint density at radius 2 is 1.73 bits per heavy atom. The smallest absolute Gasteiger partial charge is 0.0361 e. The second-order valence-corrected chi connectivity index (χ2v) is 6.88. The van der Waals surface area contributed by atoms with Gasteiger partial charge in [-0.15, -0.1) is 6.58 Å². The summed E-state index contributed by atoms with van der Waals surface area (Å²) in [6, 6.07) is 0. The largest absolute Gasteiger partial charge is 0.102 e. The monoisotopic (exact) mass is 298 g/mol. The van der Waals surface area contributed by atoms with Crippen LogP contribution in [-0.4, -0.2) is 0 Å². The lowest BCUT2D eigenvalue weighted by Gasteiger charge is -2.30. The summed E-state index contributed by atoms with van der Waals surface area (Å²) >= 11 is 0. The van der Waals surface area contributed by atoms with Crippen LogP contribution in [0.25, 0.3) is 0 Å². The lowest BCUT2D eigenvalue weighted by molar-refractivity contribution is 0.221. The zero-order valence-corrected chi connectivity index (χ0v) is 15.0. The highest BCUT2D eigenvalue weighted by atomic mass is 14.3. The minimum atomic E-state index is 0.242. The predicted molar refractivity (Wildman–Crippen MR) is 98.3 cm³/mol. The molecule has 1 rings (SSSR count). The van der Waals surface area contributed by atoms with Gasteiger partial charge < -0.3 is 0 Å². The van der Waals surface area contributed by atoms with Crippen molar-refractivity contribution < 1.29 is 0 Å². The highest BCUT2D eigenvalue weighted by Gasteiger charge is 2.23. The van der Waals surface area contributed by atoms with E-state index in [2.05, 4.69) is 44.1 Å². The van der Waals surface area contributed by atoms with E-state index in [1.165, 1.54) is 51.4 Å². The lowest BCUT2D eigenvalue weighted by atomic mass is 9.75. The maximum absolute atomic E-state index is 3.74. The fourth-order valence-electron chi connectivity index (χ4n) is 3.62. The van der Waals surface area contributed by atoms with Crippen molar-refractivity contribution in [2.45, 2.75) is 78.6 Å². The van der Waals surface area contributed by atoms with Crippen LogP contribution in [0.2, 0.25) is 0 Å². The highest BCUT2D eigenvalue weighted by molar-refractivity contribution is 5.27. The van der Waals surface area contributed by atoms with Crippen LogP contribution in [0.4, 0.5) is 0 Å². The van der Waals surface area contributed by atoms with Crippen molar-refractivity contribution in [2.24, 2.45) is 23.7 Å². The van der Waals surface area contributed by atoms with E-state index >= 15 is 0 Å². The molecule has 0 aromatic carbocycles. The van der Waals surface area contributed by atoms with Crippen LogP contribution >= 0.6 is 0 Å². The van der Waals surface area contributed by atoms with Crippen LogP contribution in [-0.2, 0) is 0 Å². The molecule has 0 nitrogen and oxygen atoms in total. The second-order valence-electron chi connectivity index (χ2n) is 6.88. The number of hydrogen-bond donors (Lipinski definition) is 0. The Morgan fingerprint density at radius 1 is 1.05 bits per heavy atom. The van der Waals surface area contributed by atoms with Gasteiger partial charge in [-0.1, -0.05) is 76.7 Å². The third kappa shape index (κ3) is 7.22. The van der Waals surface area contributed by atoms with Crippen LogP contribution in [0.3, 0.4) is 0 Å². The molecule has 1 aliphatic rings. The maximum Gasteiger partial charge on any atom is 0.0361 e. The molecule has 0 amide bonds. The Balaban J connectivity index is 2.49. The molecule has 0 heteroatoms. The summed E-state index contributed by atoms with van der Waals surface area (Å²) in [5, 5.41) is 0. The van der Waals surface area contributed by atoms with E-state index in [1.807, 2.05) is 13.0 Å².